The van der Waals surface area contributed by atoms with Crippen molar-refractivity contribution >= 4 is 11.9 Å². The number of carboxylic acids is 1. The number of likely N-dealkylation sites (N-methyl/N-ethyl adjacent to an activating group) is 1. The molecule has 0 spiro atoms. The van der Waals surface area contributed by atoms with E-state index in [2.05, 4.69) is 85.6 Å². The van der Waals surface area contributed by atoms with Crippen LogP contribution in [0.3, 0.4) is 0 Å². The summed E-state index contributed by atoms with van der Waals surface area (Å²) in [6.07, 6.45) is 9.97. The molecule has 1 aromatic rings. The van der Waals surface area contributed by atoms with Crippen LogP contribution in [0.15, 0.2) is 18.0 Å². The van der Waals surface area contributed by atoms with Crippen LogP contribution in [0, 0.1) is 62.6 Å². The highest BCUT2D eigenvalue weighted by Gasteiger charge is 2.72. The lowest BCUT2D eigenvalue weighted by atomic mass is 9.34. The Morgan fingerprint density at radius 3 is 2.44 bits per heavy atom. The Bertz CT molecular complexity index is 1430. The highest BCUT2D eigenvalue weighted by molar-refractivity contribution is 5.73. The van der Waals surface area contributed by atoms with Gasteiger partial charge in [-0.25, -0.2) is 9.67 Å². The van der Waals surface area contributed by atoms with Crippen molar-refractivity contribution in [3.8, 4) is 0 Å². The zero-order valence-corrected chi connectivity index (χ0v) is 31.7. The Kier molecular flexibility index (Phi) is 8.81. The number of rotatable bonds is 9. The molecule has 4 fully saturated rings. The van der Waals surface area contributed by atoms with Gasteiger partial charge in [-0.3, -0.25) is 4.79 Å². The van der Waals surface area contributed by atoms with Gasteiger partial charge >= 0.3 is 5.97 Å². The molecule has 0 amide bonds. The number of aromatic nitrogens is 3. The summed E-state index contributed by atoms with van der Waals surface area (Å²) in [5.74, 6) is 1.09. The van der Waals surface area contributed by atoms with Crippen molar-refractivity contribution in [3.63, 3.8) is 0 Å². The van der Waals surface area contributed by atoms with E-state index >= 15 is 0 Å². The molecule has 5 aliphatic rings. The van der Waals surface area contributed by atoms with Gasteiger partial charge < -0.3 is 25.6 Å². The van der Waals surface area contributed by atoms with Crippen molar-refractivity contribution in [2.75, 3.05) is 32.6 Å². The van der Waals surface area contributed by atoms with E-state index in [-0.39, 0.29) is 50.7 Å². The summed E-state index contributed by atoms with van der Waals surface area (Å²) in [5, 5.41) is 19.3. The number of anilines is 1. The van der Waals surface area contributed by atoms with Gasteiger partial charge in [-0.05, 0) is 98.3 Å². The van der Waals surface area contributed by atoms with Gasteiger partial charge in [-0.15, -0.1) is 5.10 Å². The van der Waals surface area contributed by atoms with Crippen molar-refractivity contribution in [2.45, 2.75) is 125 Å². The highest BCUT2D eigenvalue weighted by atomic mass is 16.5. The lowest BCUT2D eigenvalue weighted by molar-refractivity contribution is -0.253. The number of aliphatic carboxylic acids is 1. The first kappa shape index (κ1) is 35.8. The molecule has 6 rings (SSSR count). The van der Waals surface area contributed by atoms with Crippen LogP contribution in [0.5, 0.6) is 0 Å². The van der Waals surface area contributed by atoms with Crippen LogP contribution in [-0.2, 0) is 14.3 Å². The van der Waals surface area contributed by atoms with Crippen LogP contribution in [0.25, 0.3) is 0 Å². The summed E-state index contributed by atoms with van der Waals surface area (Å²) in [6, 6.07) is -0.0534. The molecule has 4 aliphatic carbocycles. The maximum atomic E-state index is 13.4. The summed E-state index contributed by atoms with van der Waals surface area (Å²) in [7, 11) is 2.02. The highest BCUT2D eigenvalue weighted by Crippen LogP contribution is 2.75. The van der Waals surface area contributed by atoms with Crippen molar-refractivity contribution in [2.24, 2.45) is 62.6 Å². The molecule has 48 heavy (non-hydrogen) atoms. The SMILES string of the molecule is CN[C@](C)(CO[C@H]1[C@H](n2cnc(N)n2)CC23COC[C@@]1(C)[C@@H]2CC[C@H]1C3=CC[C@@]2(C)[C@H](C(=O)O)[C@@](C)([C@H](C)C(C)C)CC[C@]12C)C(C)C. The molecule has 0 radical (unpaired) electrons. The summed E-state index contributed by atoms with van der Waals surface area (Å²) < 4.78 is 15.8. The van der Waals surface area contributed by atoms with Gasteiger partial charge in [-0.2, -0.15) is 0 Å². The third-order valence-corrected chi connectivity index (χ3v) is 16.4. The van der Waals surface area contributed by atoms with E-state index in [9.17, 15) is 9.90 Å². The first-order chi connectivity index (χ1) is 22.3. The van der Waals surface area contributed by atoms with Crippen molar-refractivity contribution in [1.29, 1.82) is 0 Å². The molecule has 0 aromatic carbocycles. The van der Waals surface area contributed by atoms with Gasteiger partial charge in [0, 0.05) is 16.4 Å². The first-order valence-electron chi connectivity index (χ1n) is 18.8. The number of carbonyl (C=O) groups is 1. The monoisotopic (exact) mass is 668 g/mol. The normalized spacial score (nSPS) is 44.3. The second-order valence-electron chi connectivity index (χ2n) is 18.8. The lowest BCUT2D eigenvalue weighted by Gasteiger charge is -2.71. The Balaban J connectivity index is 1.44. The number of carboxylic acid groups (broad SMARTS) is 1. The fraction of sp³-hybridized carbons (Fsp3) is 0.872. The number of nitrogens with two attached hydrogens (primary N) is 1. The Morgan fingerprint density at radius 1 is 1.15 bits per heavy atom. The van der Waals surface area contributed by atoms with Gasteiger partial charge in [0.1, 0.15) is 6.33 Å². The molecule has 1 unspecified atom stereocenters. The third kappa shape index (κ3) is 4.82. The van der Waals surface area contributed by atoms with Crippen LogP contribution in [0.2, 0.25) is 0 Å². The smallest absolute Gasteiger partial charge is 0.307 e. The zero-order chi connectivity index (χ0) is 35.2. The molecule has 9 nitrogen and oxygen atoms in total. The second kappa shape index (κ2) is 11.8. The molecule has 12 atom stereocenters. The van der Waals surface area contributed by atoms with Gasteiger partial charge in [0.05, 0.1) is 37.9 Å². The van der Waals surface area contributed by atoms with Gasteiger partial charge in [-0.1, -0.05) is 74.0 Å². The average molecular weight is 668 g/mol. The molecule has 3 saturated carbocycles. The summed E-state index contributed by atoms with van der Waals surface area (Å²) in [6.45, 7) is 24.9. The molecule has 2 bridgehead atoms. The van der Waals surface area contributed by atoms with Crippen LogP contribution in [-0.4, -0.2) is 64.4 Å². The number of nitrogens with zero attached hydrogens (tertiary/aromatic N) is 3. The van der Waals surface area contributed by atoms with Crippen molar-refractivity contribution in [1.82, 2.24) is 20.1 Å². The van der Waals surface area contributed by atoms with E-state index in [1.165, 1.54) is 5.57 Å². The zero-order valence-electron chi connectivity index (χ0n) is 31.7. The quantitative estimate of drug-likeness (QED) is 0.240. The third-order valence-electron chi connectivity index (χ3n) is 16.4. The second-order valence-corrected chi connectivity index (χ2v) is 18.8. The Hall–Kier alpha value is -1.97. The predicted octanol–water partition coefficient (Wildman–Crippen LogP) is 7.01. The Labute approximate surface area is 289 Å². The number of hydrogen-bond donors (Lipinski definition) is 3. The van der Waals surface area contributed by atoms with Gasteiger partial charge in [0.2, 0.25) is 5.95 Å². The van der Waals surface area contributed by atoms with E-state index < -0.39 is 11.9 Å². The fourth-order valence-electron chi connectivity index (χ4n) is 12.4. The van der Waals surface area contributed by atoms with Gasteiger partial charge in [0.25, 0.3) is 0 Å². The minimum atomic E-state index is -0.618. The first-order valence-corrected chi connectivity index (χ1v) is 18.8. The fourth-order valence-corrected chi connectivity index (χ4v) is 12.4. The molecule has 270 valence electrons. The molecule has 1 aliphatic heterocycles. The summed E-state index contributed by atoms with van der Waals surface area (Å²) in [4.78, 5) is 17.8. The Morgan fingerprint density at radius 2 is 1.85 bits per heavy atom. The largest absolute Gasteiger partial charge is 0.481 e. The van der Waals surface area contributed by atoms with E-state index in [1.807, 2.05) is 11.7 Å². The minimum absolute atomic E-state index is 0.0534. The predicted molar refractivity (Wildman–Crippen MR) is 189 cm³/mol. The standard InChI is InChI=1S/C39H65N5O4/c1-23(2)25(5)34(6)16-17-36(8)26-12-13-29-35(7)19-47-21-39(29,27(26)14-15-37(36,9)30(34)32(45)46)18-28(44-22-42-33(40)43-44)31(35)48-20-38(10,41-11)24(3)4/h14,22-26,28-31,41H,12-13,15-21H2,1-11H3,(H2,40,43)(H,45,46)/t25-,26+,28-,29+,30-,31+,34-,35+,36-,37+,38-,39?/m1/s1. The average Bonchev–Trinajstić information content (AvgIpc) is 3.45. The van der Waals surface area contributed by atoms with E-state index in [0.717, 1.165) is 38.5 Å². The molecular formula is C39H65N5O4. The number of fused-ring (bicyclic) bond motifs is 3. The molecular weight excluding hydrogens is 602 g/mol. The molecule has 2 heterocycles. The number of ether oxygens (including phenoxy) is 2. The molecule has 4 N–H and O–H groups in total. The van der Waals surface area contributed by atoms with E-state index in [4.69, 9.17) is 20.3 Å². The van der Waals surface area contributed by atoms with Crippen molar-refractivity contribution in [3.05, 3.63) is 18.0 Å². The maximum absolute atomic E-state index is 13.4. The van der Waals surface area contributed by atoms with E-state index in [1.54, 1.807) is 6.33 Å². The van der Waals surface area contributed by atoms with Crippen LogP contribution >= 0.6 is 0 Å². The van der Waals surface area contributed by atoms with Crippen LogP contribution < -0.4 is 11.1 Å². The number of hydrogen-bond acceptors (Lipinski definition) is 7. The molecule has 1 aromatic heterocycles. The number of allylic oxidation sites excluding steroid dienone is 1. The molecule has 9 heteroatoms. The maximum Gasteiger partial charge on any atom is 0.307 e. The lowest BCUT2D eigenvalue weighted by Crippen LogP contribution is -2.69. The summed E-state index contributed by atoms with van der Waals surface area (Å²) in [5.41, 5.74) is 6.33. The number of nitrogens with one attached hydrogen (secondary N) is 1. The number of nitrogen functional groups attached to an aromatic ring is 1. The summed E-state index contributed by atoms with van der Waals surface area (Å²) >= 11 is 0. The minimum Gasteiger partial charge on any atom is -0.481 e. The topological polar surface area (TPSA) is 125 Å². The van der Waals surface area contributed by atoms with Crippen molar-refractivity contribution < 1.29 is 19.4 Å². The van der Waals surface area contributed by atoms with Crippen LogP contribution in [0.1, 0.15) is 114 Å². The molecule has 1 saturated heterocycles. The van der Waals surface area contributed by atoms with Crippen LogP contribution in [0.4, 0.5) is 5.95 Å². The van der Waals surface area contributed by atoms with E-state index in [0.29, 0.717) is 49.4 Å². The van der Waals surface area contributed by atoms with Gasteiger partial charge in [0.15, 0.2) is 0 Å².